The SMILES string of the molecule is CCCc1cc(C)[nH]c(=O)c1CN(C(=O)c1cc(-c2ccc(N3CCNCC3)nc2)cc2[nH]ncc12)C(C)C. The topological polar surface area (TPSA) is 110 Å². The number of nitrogens with zero attached hydrogens (tertiary/aromatic N) is 4. The van der Waals surface area contributed by atoms with E-state index in [0.29, 0.717) is 11.1 Å². The molecular formula is C30H37N7O2. The van der Waals surface area contributed by atoms with Crippen LogP contribution in [0.4, 0.5) is 5.82 Å². The molecule has 3 aromatic heterocycles. The Morgan fingerprint density at radius 1 is 1.10 bits per heavy atom. The van der Waals surface area contributed by atoms with Crippen molar-refractivity contribution in [1.82, 2.24) is 30.4 Å². The van der Waals surface area contributed by atoms with Crippen molar-refractivity contribution in [1.29, 1.82) is 0 Å². The van der Waals surface area contributed by atoms with E-state index >= 15 is 0 Å². The Kier molecular flexibility index (Phi) is 7.79. The second-order valence-electron chi connectivity index (χ2n) is 10.6. The van der Waals surface area contributed by atoms with Gasteiger partial charge in [-0.3, -0.25) is 14.7 Å². The average molecular weight is 528 g/mol. The number of anilines is 1. The number of benzene rings is 1. The number of pyridine rings is 2. The highest BCUT2D eigenvalue weighted by atomic mass is 16.2. The summed E-state index contributed by atoms with van der Waals surface area (Å²) in [7, 11) is 0. The number of carbonyl (C=O) groups is 1. The number of hydrogen-bond acceptors (Lipinski definition) is 6. The molecule has 0 radical (unpaired) electrons. The molecule has 5 rings (SSSR count). The third-order valence-corrected chi connectivity index (χ3v) is 7.41. The van der Waals surface area contributed by atoms with Gasteiger partial charge in [0.05, 0.1) is 23.8 Å². The second kappa shape index (κ2) is 11.4. The summed E-state index contributed by atoms with van der Waals surface area (Å²) in [6.45, 7) is 12.0. The molecule has 1 fully saturated rings. The van der Waals surface area contributed by atoms with Crippen molar-refractivity contribution in [3.8, 4) is 11.1 Å². The number of amides is 1. The van der Waals surface area contributed by atoms with E-state index in [2.05, 4.69) is 38.4 Å². The highest BCUT2D eigenvalue weighted by Crippen LogP contribution is 2.29. The van der Waals surface area contributed by atoms with Crippen LogP contribution >= 0.6 is 0 Å². The van der Waals surface area contributed by atoms with Gasteiger partial charge >= 0.3 is 0 Å². The van der Waals surface area contributed by atoms with Crippen LogP contribution in [0, 0.1) is 6.92 Å². The Morgan fingerprint density at radius 3 is 2.59 bits per heavy atom. The maximum atomic E-state index is 14.1. The molecule has 204 valence electrons. The van der Waals surface area contributed by atoms with Gasteiger partial charge in [0.25, 0.3) is 11.5 Å². The highest BCUT2D eigenvalue weighted by Gasteiger charge is 2.25. The fourth-order valence-electron chi connectivity index (χ4n) is 5.30. The maximum Gasteiger partial charge on any atom is 0.255 e. The fraction of sp³-hybridized carbons (Fsp3) is 0.400. The Bertz CT molecular complexity index is 1510. The third kappa shape index (κ3) is 5.59. The fourth-order valence-corrected chi connectivity index (χ4v) is 5.30. The first-order chi connectivity index (χ1) is 18.9. The molecule has 1 amide bonds. The summed E-state index contributed by atoms with van der Waals surface area (Å²) in [6, 6.07) is 9.93. The van der Waals surface area contributed by atoms with Crippen LogP contribution in [0.5, 0.6) is 0 Å². The van der Waals surface area contributed by atoms with Gasteiger partial charge in [0, 0.05) is 60.6 Å². The molecule has 9 nitrogen and oxygen atoms in total. The van der Waals surface area contributed by atoms with E-state index < -0.39 is 0 Å². The lowest BCUT2D eigenvalue weighted by molar-refractivity contribution is 0.0691. The number of aryl methyl sites for hydroxylation is 2. The zero-order valence-electron chi connectivity index (χ0n) is 23.2. The third-order valence-electron chi connectivity index (χ3n) is 7.41. The standard InChI is InChI=1S/C30H37N7O2/c1-5-6-21-13-20(4)34-29(38)26(21)18-37(19(2)3)30(39)24-14-23(15-27-25(24)17-33-35-27)22-7-8-28(32-16-22)36-11-9-31-10-12-36/h7-8,13-17,19,31H,5-6,9-12,18H2,1-4H3,(H,33,35)(H,34,38). The number of aromatic amines is 2. The molecule has 0 aliphatic carbocycles. The van der Waals surface area contributed by atoms with Crippen LogP contribution in [0.1, 0.15) is 54.4 Å². The maximum absolute atomic E-state index is 14.1. The lowest BCUT2D eigenvalue weighted by Crippen LogP contribution is -2.43. The molecule has 0 bridgehead atoms. The second-order valence-corrected chi connectivity index (χ2v) is 10.6. The van der Waals surface area contributed by atoms with Crippen LogP contribution in [0.25, 0.3) is 22.0 Å². The molecular weight excluding hydrogens is 490 g/mol. The minimum absolute atomic E-state index is 0.113. The molecule has 3 N–H and O–H groups in total. The van der Waals surface area contributed by atoms with E-state index in [0.717, 1.165) is 78.1 Å². The molecule has 39 heavy (non-hydrogen) atoms. The van der Waals surface area contributed by atoms with Crippen LogP contribution in [0.15, 0.2) is 47.5 Å². The van der Waals surface area contributed by atoms with Gasteiger partial charge in [-0.25, -0.2) is 4.98 Å². The van der Waals surface area contributed by atoms with Gasteiger partial charge < -0.3 is 20.1 Å². The van der Waals surface area contributed by atoms with E-state index in [4.69, 9.17) is 4.98 Å². The summed E-state index contributed by atoms with van der Waals surface area (Å²) in [5.41, 5.74) is 5.50. The van der Waals surface area contributed by atoms with E-state index in [1.54, 1.807) is 11.1 Å². The number of hydrogen-bond donors (Lipinski definition) is 3. The summed E-state index contributed by atoms with van der Waals surface area (Å²) in [5, 5.41) is 11.4. The molecule has 0 spiro atoms. The van der Waals surface area contributed by atoms with E-state index in [-0.39, 0.29) is 24.1 Å². The van der Waals surface area contributed by atoms with Crippen LogP contribution in [-0.4, -0.2) is 63.2 Å². The molecule has 4 aromatic rings. The molecule has 0 unspecified atom stereocenters. The van der Waals surface area contributed by atoms with Crippen molar-refractivity contribution in [2.45, 2.75) is 53.1 Å². The van der Waals surface area contributed by atoms with Crippen LogP contribution in [-0.2, 0) is 13.0 Å². The van der Waals surface area contributed by atoms with Crippen molar-refractivity contribution >= 4 is 22.6 Å². The van der Waals surface area contributed by atoms with E-state index in [1.807, 2.05) is 51.2 Å². The van der Waals surface area contributed by atoms with Crippen LogP contribution in [0.3, 0.4) is 0 Å². The summed E-state index contributed by atoms with van der Waals surface area (Å²) < 4.78 is 0. The highest BCUT2D eigenvalue weighted by molar-refractivity contribution is 6.07. The number of piperazine rings is 1. The number of H-pyrrole nitrogens is 2. The number of nitrogens with one attached hydrogen (secondary N) is 3. The Morgan fingerprint density at radius 2 is 1.90 bits per heavy atom. The monoisotopic (exact) mass is 527 g/mol. The largest absolute Gasteiger partial charge is 0.354 e. The molecule has 4 heterocycles. The molecule has 1 aromatic carbocycles. The minimum Gasteiger partial charge on any atom is -0.354 e. The van der Waals surface area contributed by atoms with Crippen LogP contribution in [0.2, 0.25) is 0 Å². The van der Waals surface area contributed by atoms with E-state index in [9.17, 15) is 9.59 Å². The molecule has 9 heteroatoms. The van der Waals surface area contributed by atoms with Crippen molar-refractivity contribution in [3.05, 3.63) is 75.5 Å². The predicted molar refractivity (Wildman–Crippen MR) is 155 cm³/mol. The summed E-state index contributed by atoms with van der Waals surface area (Å²) in [4.78, 5) is 38.8. The van der Waals surface area contributed by atoms with Crippen molar-refractivity contribution < 1.29 is 4.79 Å². The van der Waals surface area contributed by atoms with Gasteiger partial charge in [-0.15, -0.1) is 0 Å². The van der Waals surface area contributed by atoms with Crippen molar-refractivity contribution in [3.63, 3.8) is 0 Å². The number of fused-ring (bicyclic) bond motifs is 1. The predicted octanol–water partition coefficient (Wildman–Crippen LogP) is 4.03. The first-order valence-electron chi connectivity index (χ1n) is 13.8. The summed E-state index contributed by atoms with van der Waals surface area (Å²) in [6.07, 6.45) is 5.27. The summed E-state index contributed by atoms with van der Waals surface area (Å²) in [5.74, 6) is 0.822. The molecule has 1 saturated heterocycles. The van der Waals surface area contributed by atoms with Crippen molar-refractivity contribution in [2.24, 2.45) is 0 Å². The number of aromatic nitrogens is 4. The lowest BCUT2D eigenvalue weighted by atomic mass is 9.99. The average Bonchev–Trinajstić information content (AvgIpc) is 3.41. The summed E-state index contributed by atoms with van der Waals surface area (Å²) >= 11 is 0. The normalized spacial score (nSPS) is 13.8. The molecule has 0 saturated carbocycles. The van der Waals surface area contributed by atoms with E-state index in [1.165, 1.54) is 0 Å². The van der Waals surface area contributed by atoms with Gasteiger partial charge in [0.2, 0.25) is 0 Å². The number of rotatable bonds is 8. The van der Waals surface area contributed by atoms with Gasteiger partial charge in [-0.05, 0) is 68.7 Å². The zero-order valence-corrected chi connectivity index (χ0v) is 23.2. The van der Waals surface area contributed by atoms with Gasteiger partial charge in [0.1, 0.15) is 5.82 Å². The molecule has 0 atom stereocenters. The Balaban J connectivity index is 1.50. The van der Waals surface area contributed by atoms with Gasteiger partial charge in [0.15, 0.2) is 0 Å². The quantitative estimate of drug-likeness (QED) is 0.319. The van der Waals surface area contributed by atoms with Gasteiger partial charge in [-0.2, -0.15) is 5.10 Å². The lowest BCUT2D eigenvalue weighted by Gasteiger charge is -2.28. The Hall–Kier alpha value is -3.98. The molecule has 1 aliphatic heterocycles. The Labute approximate surface area is 228 Å². The van der Waals surface area contributed by atoms with Gasteiger partial charge in [-0.1, -0.05) is 13.3 Å². The minimum atomic E-state index is -0.133. The number of carbonyl (C=O) groups excluding carboxylic acids is 1. The smallest absolute Gasteiger partial charge is 0.255 e. The first kappa shape index (κ1) is 26.6. The molecule has 1 aliphatic rings. The zero-order chi connectivity index (χ0) is 27.5. The first-order valence-corrected chi connectivity index (χ1v) is 13.8. The van der Waals surface area contributed by atoms with Crippen LogP contribution < -0.4 is 15.8 Å². The van der Waals surface area contributed by atoms with Crippen molar-refractivity contribution in [2.75, 3.05) is 31.1 Å².